The van der Waals surface area contributed by atoms with Gasteiger partial charge in [0, 0.05) is 6.04 Å². The maximum absolute atomic E-state index is 13.8. The Hall–Kier alpha value is -2.26. The number of rotatable bonds is 2. The molecular formula is C12H12FN5. The van der Waals surface area contributed by atoms with Crippen molar-refractivity contribution in [2.45, 2.75) is 19.9 Å². The highest BCUT2D eigenvalue weighted by Crippen LogP contribution is 2.19. The van der Waals surface area contributed by atoms with Gasteiger partial charge >= 0.3 is 0 Å². The Bertz CT molecular complexity index is 624. The van der Waals surface area contributed by atoms with E-state index in [1.807, 2.05) is 6.07 Å². The SMILES string of the molecule is Cc1c(C(C)N)nnn1-c1ccc(C#N)cc1F. The Morgan fingerprint density at radius 3 is 2.72 bits per heavy atom. The lowest BCUT2D eigenvalue weighted by Crippen LogP contribution is -2.08. The smallest absolute Gasteiger partial charge is 0.150 e. The first-order valence-corrected chi connectivity index (χ1v) is 5.42. The van der Waals surface area contributed by atoms with Crippen LogP contribution in [0.25, 0.3) is 5.69 Å². The number of nitrogens with zero attached hydrogens (tertiary/aromatic N) is 4. The Kier molecular flexibility index (Phi) is 3.08. The molecule has 0 radical (unpaired) electrons. The minimum atomic E-state index is -0.515. The fourth-order valence-corrected chi connectivity index (χ4v) is 1.74. The largest absolute Gasteiger partial charge is 0.323 e. The van der Waals surface area contributed by atoms with Crippen molar-refractivity contribution in [2.75, 3.05) is 0 Å². The van der Waals surface area contributed by atoms with Gasteiger partial charge in [-0.15, -0.1) is 5.10 Å². The molecular weight excluding hydrogens is 233 g/mol. The number of aromatic nitrogens is 3. The number of hydrogen-bond acceptors (Lipinski definition) is 4. The Balaban J connectivity index is 2.53. The zero-order valence-electron chi connectivity index (χ0n) is 10.1. The van der Waals surface area contributed by atoms with Crippen LogP contribution >= 0.6 is 0 Å². The van der Waals surface area contributed by atoms with E-state index in [2.05, 4.69) is 10.3 Å². The molecule has 1 heterocycles. The maximum Gasteiger partial charge on any atom is 0.150 e. The Labute approximate surface area is 104 Å². The van der Waals surface area contributed by atoms with Crippen LogP contribution in [0.2, 0.25) is 0 Å². The van der Waals surface area contributed by atoms with Crippen LogP contribution in [-0.2, 0) is 0 Å². The Morgan fingerprint density at radius 1 is 1.50 bits per heavy atom. The van der Waals surface area contributed by atoms with E-state index >= 15 is 0 Å². The molecule has 6 heteroatoms. The first-order valence-electron chi connectivity index (χ1n) is 5.42. The predicted octanol–water partition coefficient (Wildman–Crippen LogP) is 1.61. The van der Waals surface area contributed by atoms with Gasteiger partial charge in [0.25, 0.3) is 0 Å². The summed E-state index contributed by atoms with van der Waals surface area (Å²) in [6, 6.07) is 5.82. The third-order valence-corrected chi connectivity index (χ3v) is 2.67. The number of halogens is 1. The van der Waals surface area contributed by atoms with E-state index in [9.17, 15) is 4.39 Å². The topological polar surface area (TPSA) is 80.5 Å². The summed E-state index contributed by atoms with van der Waals surface area (Å²) < 4.78 is 15.2. The van der Waals surface area contributed by atoms with Crippen molar-refractivity contribution in [2.24, 2.45) is 5.73 Å². The minimum absolute atomic E-state index is 0.255. The molecule has 92 valence electrons. The zero-order valence-corrected chi connectivity index (χ0v) is 10.1. The number of hydrogen-bond donors (Lipinski definition) is 1. The molecule has 0 saturated carbocycles. The van der Waals surface area contributed by atoms with Gasteiger partial charge in [0.15, 0.2) is 0 Å². The minimum Gasteiger partial charge on any atom is -0.323 e. The van der Waals surface area contributed by atoms with E-state index in [4.69, 9.17) is 11.0 Å². The molecule has 0 aliphatic carbocycles. The predicted molar refractivity (Wildman–Crippen MR) is 63.4 cm³/mol. The van der Waals surface area contributed by atoms with Crippen LogP contribution in [0, 0.1) is 24.1 Å². The van der Waals surface area contributed by atoms with Crippen LogP contribution in [0.1, 0.15) is 29.9 Å². The quantitative estimate of drug-likeness (QED) is 0.871. The average molecular weight is 245 g/mol. The molecule has 0 spiro atoms. The number of nitriles is 1. The van der Waals surface area contributed by atoms with Gasteiger partial charge in [-0.05, 0) is 32.0 Å². The molecule has 1 unspecified atom stereocenters. The van der Waals surface area contributed by atoms with Crippen molar-refractivity contribution in [1.29, 1.82) is 5.26 Å². The van der Waals surface area contributed by atoms with Gasteiger partial charge in [-0.2, -0.15) is 5.26 Å². The molecule has 0 fully saturated rings. The molecule has 0 aliphatic heterocycles. The summed E-state index contributed by atoms with van der Waals surface area (Å²) in [5.41, 5.74) is 7.57. The molecule has 0 aliphatic rings. The summed E-state index contributed by atoms with van der Waals surface area (Å²) in [6.07, 6.45) is 0. The Morgan fingerprint density at radius 2 is 2.22 bits per heavy atom. The third kappa shape index (κ3) is 1.96. The van der Waals surface area contributed by atoms with Crippen molar-refractivity contribution in [3.05, 3.63) is 41.0 Å². The molecule has 2 N–H and O–H groups in total. The third-order valence-electron chi connectivity index (χ3n) is 2.67. The van der Waals surface area contributed by atoms with Crippen molar-refractivity contribution in [1.82, 2.24) is 15.0 Å². The first-order chi connectivity index (χ1) is 8.54. The van der Waals surface area contributed by atoms with Gasteiger partial charge in [0.05, 0.1) is 17.3 Å². The summed E-state index contributed by atoms with van der Waals surface area (Å²) in [6.45, 7) is 3.56. The molecule has 2 rings (SSSR count). The van der Waals surface area contributed by atoms with E-state index < -0.39 is 5.82 Å². The van der Waals surface area contributed by atoms with Crippen LogP contribution in [0.3, 0.4) is 0 Å². The summed E-state index contributed by atoms with van der Waals surface area (Å²) >= 11 is 0. The van der Waals surface area contributed by atoms with Gasteiger partial charge in [0.2, 0.25) is 0 Å². The lowest BCUT2D eigenvalue weighted by molar-refractivity contribution is 0.604. The normalized spacial score (nSPS) is 12.2. The van der Waals surface area contributed by atoms with Crippen molar-refractivity contribution >= 4 is 0 Å². The molecule has 1 aromatic heterocycles. The second kappa shape index (κ2) is 4.55. The fraction of sp³-hybridized carbons (Fsp3) is 0.250. The molecule has 0 amide bonds. The van der Waals surface area contributed by atoms with Crippen LogP contribution in [0.4, 0.5) is 4.39 Å². The molecule has 18 heavy (non-hydrogen) atoms. The lowest BCUT2D eigenvalue weighted by Gasteiger charge is -2.06. The highest BCUT2D eigenvalue weighted by atomic mass is 19.1. The van der Waals surface area contributed by atoms with E-state index in [1.54, 1.807) is 13.8 Å². The standard InChI is InChI=1S/C12H12FN5/c1-7(15)12-8(2)18(17-16-12)11-4-3-9(6-14)5-10(11)13/h3-5,7H,15H2,1-2H3. The molecule has 5 nitrogen and oxygen atoms in total. The van der Waals surface area contributed by atoms with Crippen LogP contribution in [0.15, 0.2) is 18.2 Å². The zero-order chi connectivity index (χ0) is 13.3. The summed E-state index contributed by atoms with van der Waals surface area (Å²) in [4.78, 5) is 0. The lowest BCUT2D eigenvalue weighted by atomic mass is 10.2. The molecule has 0 bridgehead atoms. The van der Waals surface area contributed by atoms with Gasteiger partial charge in [-0.25, -0.2) is 9.07 Å². The molecule has 0 saturated heterocycles. The van der Waals surface area contributed by atoms with Crippen molar-refractivity contribution in [3.8, 4) is 11.8 Å². The molecule has 1 aromatic carbocycles. The number of benzene rings is 1. The van der Waals surface area contributed by atoms with Gasteiger partial charge in [-0.3, -0.25) is 0 Å². The highest BCUT2D eigenvalue weighted by Gasteiger charge is 2.15. The summed E-state index contributed by atoms with van der Waals surface area (Å²) in [5, 5.41) is 16.5. The van der Waals surface area contributed by atoms with Crippen LogP contribution < -0.4 is 5.73 Å². The van der Waals surface area contributed by atoms with E-state index in [1.165, 1.54) is 22.9 Å². The van der Waals surface area contributed by atoms with Crippen LogP contribution in [-0.4, -0.2) is 15.0 Å². The van der Waals surface area contributed by atoms with Crippen molar-refractivity contribution in [3.63, 3.8) is 0 Å². The molecule has 1 atom stereocenters. The molecule has 2 aromatic rings. The summed E-state index contributed by atoms with van der Waals surface area (Å²) in [5.74, 6) is -0.515. The van der Waals surface area contributed by atoms with Crippen LogP contribution in [0.5, 0.6) is 0 Å². The van der Waals surface area contributed by atoms with E-state index in [0.717, 1.165) is 0 Å². The van der Waals surface area contributed by atoms with Crippen molar-refractivity contribution < 1.29 is 4.39 Å². The second-order valence-corrected chi connectivity index (χ2v) is 4.04. The summed E-state index contributed by atoms with van der Waals surface area (Å²) in [7, 11) is 0. The highest BCUT2D eigenvalue weighted by molar-refractivity contribution is 5.41. The first kappa shape index (κ1) is 12.2. The average Bonchev–Trinajstić information content (AvgIpc) is 2.71. The maximum atomic E-state index is 13.8. The number of nitrogens with two attached hydrogens (primary N) is 1. The second-order valence-electron chi connectivity index (χ2n) is 4.04. The van der Waals surface area contributed by atoms with E-state index in [0.29, 0.717) is 11.4 Å². The van der Waals surface area contributed by atoms with E-state index in [-0.39, 0.29) is 17.3 Å². The van der Waals surface area contributed by atoms with Gasteiger partial charge in [0.1, 0.15) is 17.2 Å². The van der Waals surface area contributed by atoms with Gasteiger partial charge < -0.3 is 5.73 Å². The van der Waals surface area contributed by atoms with Gasteiger partial charge in [-0.1, -0.05) is 5.21 Å². The fourth-order valence-electron chi connectivity index (χ4n) is 1.74. The monoisotopic (exact) mass is 245 g/mol.